The summed E-state index contributed by atoms with van der Waals surface area (Å²) in [5.41, 5.74) is 4.10. The first-order valence-electron chi connectivity index (χ1n) is 9.69. The normalized spacial score (nSPS) is 17.1. The summed E-state index contributed by atoms with van der Waals surface area (Å²) in [6.07, 6.45) is 8.55. The minimum Gasteiger partial charge on any atom is -0.356 e. The number of benzene rings is 1. The maximum Gasteiger partial charge on any atom is 0.193 e. The molecule has 5 nitrogen and oxygen atoms in total. The summed E-state index contributed by atoms with van der Waals surface area (Å²) in [7, 11) is 3.86. The van der Waals surface area contributed by atoms with Crippen LogP contribution in [-0.2, 0) is 26.3 Å². The highest BCUT2D eigenvalue weighted by Crippen LogP contribution is 2.20. The topological polar surface area (TPSA) is 45.5 Å². The van der Waals surface area contributed by atoms with Crippen molar-refractivity contribution in [2.24, 2.45) is 18.0 Å². The van der Waals surface area contributed by atoms with Gasteiger partial charge in [-0.1, -0.05) is 31.2 Å². The van der Waals surface area contributed by atoms with Crippen LogP contribution in [0.15, 0.2) is 41.7 Å². The zero-order valence-corrected chi connectivity index (χ0v) is 19.0. The third kappa shape index (κ3) is 6.23. The Kier molecular flexibility index (Phi) is 8.60. The second-order valence-electron chi connectivity index (χ2n) is 7.22. The predicted molar refractivity (Wildman–Crippen MR) is 123 cm³/mol. The van der Waals surface area contributed by atoms with Crippen LogP contribution in [0, 0.1) is 5.92 Å². The number of nitrogens with one attached hydrogen (secondary N) is 1. The average molecular weight is 481 g/mol. The van der Waals surface area contributed by atoms with Crippen molar-refractivity contribution in [3.05, 3.63) is 53.3 Å². The van der Waals surface area contributed by atoms with E-state index in [2.05, 4.69) is 57.7 Å². The molecule has 1 aliphatic rings. The Morgan fingerprint density at radius 3 is 2.59 bits per heavy atom. The molecule has 0 aliphatic carbocycles. The summed E-state index contributed by atoms with van der Waals surface area (Å²) in [4.78, 5) is 6.88. The molecule has 1 N–H and O–H groups in total. The van der Waals surface area contributed by atoms with Crippen LogP contribution in [0.1, 0.15) is 30.0 Å². The van der Waals surface area contributed by atoms with E-state index in [1.54, 1.807) is 0 Å². The lowest BCUT2D eigenvalue weighted by Gasteiger charge is -2.21. The molecule has 0 radical (unpaired) electrons. The molecule has 1 fully saturated rings. The van der Waals surface area contributed by atoms with Gasteiger partial charge in [0.25, 0.3) is 0 Å². The van der Waals surface area contributed by atoms with Crippen molar-refractivity contribution in [3.8, 4) is 0 Å². The molecule has 0 bridgehead atoms. The van der Waals surface area contributed by atoms with Gasteiger partial charge in [0.15, 0.2) is 5.96 Å². The monoisotopic (exact) mass is 481 g/mol. The fourth-order valence-corrected chi connectivity index (χ4v) is 3.69. The van der Waals surface area contributed by atoms with E-state index in [9.17, 15) is 0 Å². The van der Waals surface area contributed by atoms with E-state index in [0.29, 0.717) is 5.92 Å². The number of rotatable bonds is 6. The van der Waals surface area contributed by atoms with Gasteiger partial charge in [0, 0.05) is 39.9 Å². The van der Waals surface area contributed by atoms with E-state index in [1.807, 2.05) is 25.0 Å². The highest BCUT2D eigenvalue weighted by atomic mass is 127. The summed E-state index contributed by atoms with van der Waals surface area (Å²) < 4.78 is 1.88. The van der Waals surface area contributed by atoms with Crippen LogP contribution in [0.25, 0.3) is 0 Å². The van der Waals surface area contributed by atoms with Gasteiger partial charge in [-0.3, -0.25) is 9.67 Å². The van der Waals surface area contributed by atoms with Gasteiger partial charge in [-0.15, -0.1) is 24.0 Å². The van der Waals surface area contributed by atoms with E-state index in [4.69, 9.17) is 0 Å². The Hall–Kier alpha value is -1.57. The molecule has 0 amide bonds. The zero-order chi connectivity index (χ0) is 18.4. The van der Waals surface area contributed by atoms with Gasteiger partial charge in [0.2, 0.25) is 0 Å². The lowest BCUT2D eigenvalue weighted by Crippen LogP contribution is -2.41. The van der Waals surface area contributed by atoms with E-state index in [1.165, 1.54) is 23.1 Å². The minimum absolute atomic E-state index is 0. The number of hydrogen-bond acceptors (Lipinski definition) is 2. The van der Waals surface area contributed by atoms with Crippen molar-refractivity contribution in [1.29, 1.82) is 0 Å². The van der Waals surface area contributed by atoms with Crippen LogP contribution >= 0.6 is 24.0 Å². The van der Waals surface area contributed by atoms with Gasteiger partial charge >= 0.3 is 0 Å². The van der Waals surface area contributed by atoms with Crippen molar-refractivity contribution >= 4 is 29.9 Å². The molecule has 1 aliphatic heterocycles. The van der Waals surface area contributed by atoms with Crippen LogP contribution in [0.4, 0.5) is 0 Å². The first-order valence-corrected chi connectivity index (χ1v) is 9.69. The first-order chi connectivity index (χ1) is 12.7. The largest absolute Gasteiger partial charge is 0.356 e. The molecule has 1 aromatic heterocycles. The van der Waals surface area contributed by atoms with Crippen LogP contribution in [0.2, 0.25) is 0 Å². The molecule has 148 valence electrons. The number of likely N-dealkylation sites (tertiary alicyclic amines) is 1. The molecular formula is C21H32IN5. The molecule has 3 rings (SSSR count). The Morgan fingerprint density at radius 1 is 1.22 bits per heavy atom. The van der Waals surface area contributed by atoms with E-state index < -0.39 is 0 Å². The second kappa shape index (κ2) is 10.7. The number of hydrogen-bond donors (Lipinski definition) is 1. The quantitative estimate of drug-likeness (QED) is 0.392. The van der Waals surface area contributed by atoms with Gasteiger partial charge in [-0.25, -0.2) is 0 Å². The second-order valence-corrected chi connectivity index (χ2v) is 7.22. The molecule has 1 atom stereocenters. The van der Waals surface area contributed by atoms with E-state index in [-0.39, 0.29) is 24.0 Å². The molecule has 2 aromatic rings. The van der Waals surface area contributed by atoms with Crippen LogP contribution < -0.4 is 5.32 Å². The summed E-state index contributed by atoms with van der Waals surface area (Å²) >= 11 is 0. The SMILES string of the molecule is CCc1ccc(CCNC(=NC)N2CCC(Cc3cnn(C)c3)C2)cc1.I. The Morgan fingerprint density at radius 2 is 1.96 bits per heavy atom. The fraction of sp³-hybridized carbons (Fsp3) is 0.524. The number of aliphatic imine (C=N–C) groups is 1. The van der Waals surface area contributed by atoms with Crippen molar-refractivity contribution in [3.63, 3.8) is 0 Å². The van der Waals surface area contributed by atoms with Gasteiger partial charge in [0.05, 0.1) is 6.20 Å². The van der Waals surface area contributed by atoms with Crippen molar-refractivity contribution in [1.82, 2.24) is 20.0 Å². The predicted octanol–water partition coefficient (Wildman–Crippen LogP) is 3.28. The van der Waals surface area contributed by atoms with Gasteiger partial charge < -0.3 is 10.2 Å². The maximum atomic E-state index is 4.49. The Balaban J connectivity index is 0.00000261. The van der Waals surface area contributed by atoms with Gasteiger partial charge in [0.1, 0.15) is 0 Å². The highest BCUT2D eigenvalue weighted by molar-refractivity contribution is 14.0. The fourth-order valence-electron chi connectivity index (χ4n) is 3.69. The van der Waals surface area contributed by atoms with Gasteiger partial charge in [-0.2, -0.15) is 5.10 Å². The molecule has 0 spiro atoms. The standard InChI is InChI=1S/C21H31N5.HI/c1-4-17-5-7-18(8-6-17)9-11-23-21(22-2)26-12-10-19(16-26)13-20-14-24-25(3)15-20;/h5-8,14-15,19H,4,9-13,16H2,1-3H3,(H,22,23);1H. The van der Waals surface area contributed by atoms with Crippen molar-refractivity contribution in [2.45, 2.75) is 32.6 Å². The average Bonchev–Trinajstić information content (AvgIpc) is 3.28. The lowest BCUT2D eigenvalue weighted by molar-refractivity contribution is 0.460. The molecule has 27 heavy (non-hydrogen) atoms. The van der Waals surface area contributed by atoms with Crippen molar-refractivity contribution in [2.75, 3.05) is 26.7 Å². The molecule has 1 unspecified atom stereocenters. The number of nitrogens with zero attached hydrogens (tertiary/aromatic N) is 4. The lowest BCUT2D eigenvalue weighted by atomic mass is 10.0. The van der Waals surface area contributed by atoms with Gasteiger partial charge in [-0.05, 0) is 48.3 Å². The maximum absolute atomic E-state index is 4.49. The Bertz CT molecular complexity index is 722. The van der Waals surface area contributed by atoms with E-state index >= 15 is 0 Å². The third-order valence-electron chi connectivity index (χ3n) is 5.21. The number of guanidine groups is 1. The summed E-state index contributed by atoms with van der Waals surface area (Å²) in [6, 6.07) is 8.94. The summed E-state index contributed by atoms with van der Waals surface area (Å²) in [5, 5.41) is 7.81. The summed E-state index contributed by atoms with van der Waals surface area (Å²) in [5.74, 6) is 1.71. The number of aryl methyl sites for hydroxylation is 2. The van der Waals surface area contributed by atoms with Crippen LogP contribution in [0.5, 0.6) is 0 Å². The molecular weight excluding hydrogens is 449 g/mol. The third-order valence-corrected chi connectivity index (χ3v) is 5.21. The number of aromatic nitrogens is 2. The molecule has 1 saturated heterocycles. The Labute approximate surface area is 180 Å². The smallest absolute Gasteiger partial charge is 0.193 e. The van der Waals surface area contributed by atoms with Crippen molar-refractivity contribution < 1.29 is 0 Å². The number of halogens is 1. The minimum atomic E-state index is 0. The highest BCUT2D eigenvalue weighted by Gasteiger charge is 2.25. The van der Waals surface area contributed by atoms with Crippen LogP contribution in [-0.4, -0.2) is 47.3 Å². The zero-order valence-electron chi connectivity index (χ0n) is 16.7. The summed E-state index contributed by atoms with van der Waals surface area (Å²) in [6.45, 7) is 5.26. The van der Waals surface area contributed by atoms with Crippen LogP contribution in [0.3, 0.4) is 0 Å². The molecule has 6 heteroatoms. The van der Waals surface area contributed by atoms with E-state index in [0.717, 1.165) is 44.9 Å². The molecule has 0 saturated carbocycles. The molecule has 2 heterocycles. The molecule has 1 aromatic carbocycles. The first kappa shape index (κ1) is 21.7.